The van der Waals surface area contributed by atoms with Gasteiger partial charge in [-0.1, -0.05) is 30.3 Å². The minimum Gasteiger partial charge on any atom is -0.450 e. The number of quaternary nitrogens is 1. The summed E-state index contributed by atoms with van der Waals surface area (Å²) < 4.78 is 33.0. The summed E-state index contributed by atoms with van der Waals surface area (Å²) in [5.41, 5.74) is -0.417. The molecular formula is C20H22N3O5S+. The number of rotatable bonds is 8. The highest BCUT2D eigenvalue weighted by atomic mass is 32.2. The van der Waals surface area contributed by atoms with Crippen molar-refractivity contribution < 1.29 is 23.0 Å². The average Bonchev–Trinajstić information content (AvgIpc) is 2.67. The van der Waals surface area contributed by atoms with E-state index in [4.69, 9.17) is 4.74 Å². The summed E-state index contributed by atoms with van der Waals surface area (Å²) >= 11 is 0. The highest BCUT2D eigenvalue weighted by Crippen LogP contribution is 2.34. The Morgan fingerprint density at radius 2 is 1.76 bits per heavy atom. The summed E-state index contributed by atoms with van der Waals surface area (Å²) in [5.74, 6) is 0.399. The average molecular weight is 416 g/mol. The molecule has 0 amide bonds. The molecule has 0 bridgehead atoms. The summed E-state index contributed by atoms with van der Waals surface area (Å²) in [6.07, 6.45) is 0. The highest BCUT2D eigenvalue weighted by Gasteiger charge is 2.23. The lowest BCUT2D eigenvalue weighted by Crippen LogP contribution is -3.06. The van der Waals surface area contributed by atoms with Gasteiger partial charge in [0, 0.05) is 6.07 Å². The van der Waals surface area contributed by atoms with Crippen molar-refractivity contribution in [2.45, 2.75) is 4.90 Å². The van der Waals surface area contributed by atoms with Gasteiger partial charge >= 0.3 is 5.69 Å². The fourth-order valence-corrected chi connectivity index (χ4v) is 3.82. The molecule has 0 atom stereocenters. The van der Waals surface area contributed by atoms with Gasteiger partial charge in [0.15, 0.2) is 0 Å². The molecule has 0 aliphatic carbocycles. The standard InChI is InChI=1S/C20H21N3O5S/c1-22(2)12-11-21-29(26,27)18-9-10-20(19(14-18)23(24)25)28-17-8-7-15-5-3-4-6-16(15)13-17/h3-10,13-14,21H,11-12H2,1-2H3/p+1. The molecular weight excluding hydrogens is 394 g/mol. The third-order valence-electron chi connectivity index (χ3n) is 4.30. The Balaban J connectivity index is 1.88. The molecule has 0 saturated heterocycles. The van der Waals surface area contributed by atoms with E-state index >= 15 is 0 Å². The molecule has 0 fully saturated rings. The summed E-state index contributed by atoms with van der Waals surface area (Å²) in [4.78, 5) is 11.8. The van der Waals surface area contributed by atoms with E-state index in [1.807, 2.05) is 44.4 Å². The first-order chi connectivity index (χ1) is 13.8. The second-order valence-corrected chi connectivity index (χ2v) is 8.62. The van der Waals surface area contributed by atoms with Gasteiger partial charge in [0.25, 0.3) is 0 Å². The van der Waals surface area contributed by atoms with Gasteiger partial charge in [-0.25, -0.2) is 13.1 Å². The van der Waals surface area contributed by atoms with Gasteiger partial charge in [0.2, 0.25) is 15.8 Å². The van der Waals surface area contributed by atoms with Crippen LogP contribution in [0.25, 0.3) is 10.8 Å². The number of nitrogens with one attached hydrogen (secondary N) is 2. The Morgan fingerprint density at radius 3 is 2.45 bits per heavy atom. The van der Waals surface area contributed by atoms with E-state index in [0.29, 0.717) is 12.3 Å². The number of benzene rings is 3. The third kappa shape index (κ3) is 5.08. The maximum Gasteiger partial charge on any atom is 0.312 e. The summed E-state index contributed by atoms with van der Waals surface area (Å²) in [5, 5.41) is 13.5. The molecule has 152 valence electrons. The zero-order valence-corrected chi connectivity index (χ0v) is 16.9. The number of fused-ring (bicyclic) bond motifs is 1. The number of nitro groups is 1. The largest absolute Gasteiger partial charge is 0.450 e. The van der Waals surface area contributed by atoms with Crippen LogP contribution in [0.1, 0.15) is 0 Å². The molecule has 9 heteroatoms. The molecule has 0 aromatic heterocycles. The zero-order chi connectivity index (χ0) is 21.0. The topological polar surface area (TPSA) is 103 Å². The SMILES string of the molecule is C[NH+](C)CCNS(=O)(=O)c1ccc(Oc2ccc3ccccc3c2)c([N+](=O)[O-])c1. The maximum atomic E-state index is 12.4. The normalized spacial score (nSPS) is 11.7. The highest BCUT2D eigenvalue weighted by molar-refractivity contribution is 7.89. The number of hydrogen-bond acceptors (Lipinski definition) is 5. The lowest BCUT2D eigenvalue weighted by molar-refractivity contribution is -0.856. The van der Waals surface area contributed by atoms with Crippen LogP contribution in [0, 0.1) is 10.1 Å². The van der Waals surface area contributed by atoms with Gasteiger partial charge in [-0.3, -0.25) is 10.1 Å². The molecule has 0 aliphatic heterocycles. The minimum absolute atomic E-state index is 0.0260. The Hall–Kier alpha value is -3.01. The zero-order valence-electron chi connectivity index (χ0n) is 16.1. The summed E-state index contributed by atoms with van der Waals surface area (Å²) in [7, 11) is -0.0520. The van der Waals surface area contributed by atoms with Crippen molar-refractivity contribution in [1.82, 2.24) is 4.72 Å². The van der Waals surface area contributed by atoms with E-state index in [1.165, 1.54) is 12.1 Å². The monoisotopic (exact) mass is 416 g/mol. The van der Waals surface area contributed by atoms with Gasteiger partial charge < -0.3 is 9.64 Å². The van der Waals surface area contributed by atoms with Crippen molar-refractivity contribution in [2.24, 2.45) is 0 Å². The molecule has 0 heterocycles. The Bertz CT molecular complexity index is 1150. The lowest BCUT2D eigenvalue weighted by atomic mass is 10.1. The molecule has 0 radical (unpaired) electrons. The number of nitro benzene ring substituents is 1. The van der Waals surface area contributed by atoms with Crippen molar-refractivity contribution in [3.63, 3.8) is 0 Å². The van der Waals surface area contributed by atoms with Crippen LogP contribution in [0.3, 0.4) is 0 Å². The first kappa shape index (κ1) is 20.7. The molecule has 2 N–H and O–H groups in total. The quantitative estimate of drug-likeness (QED) is 0.432. The third-order valence-corrected chi connectivity index (χ3v) is 5.76. The summed E-state index contributed by atoms with van der Waals surface area (Å²) in [6, 6.07) is 16.6. The number of likely N-dealkylation sites (N-methyl/N-ethyl adjacent to an activating group) is 1. The van der Waals surface area contributed by atoms with Crippen molar-refractivity contribution >= 4 is 26.5 Å². The van der Waals surface area contributed by atoms with E-state index in [-0.39, 0.29) is 17.2 Å². The predicted molar refractivity (Wildman–Crippen MR) is 110 cm³/mol. The first-order valence-electron chi connectivity index (χ1n) is 9.00. The number of hydrogen-bond donors (Lipinski definition) is 2. The van der Waals surface area contributed by atoms with E-state index in [2.05, 4.69) is 4.72 Å². The predicted octanol–water partition coefficient (Wildman–Crippen LogP) is 1.96. The van der Waals surface area contributed by atoms with Crippen molar-refractivity contribution in [3.05, 3.63) is 70.8 Å². The number of sulfonamides is 1. The van der Waals surface area contributed by atoms with Crippen LogP contribution < -0.4 is 14.4 Å². The first-order valence-corrected chi connectivity index (χ1v) is 10.5. The van der Waals surface area contributed by atoms with Crippen LogP contribution >= 0.6 is 0 Å². The maximum absolute atomic E-state index is 12.4. The molecule has 0 unspecified atom stereocenters. The van der Waals surface area contributed by atoms with Crippen LogP contribution in [0.5, 0.6) is 11.5 Å². The van der Waals surface area contributed by atoms with Gasteiger partial charge in [-0.15, -0.1) is 0 Å². The Morgan fingerprint density at radius 1 is 1.03 bits per heavy atom. The fraction of sp³-hybridized carbons (Fsp3) is 0.200. The van der Waals surface area contributed by atoms with Gasteiger partial charge in [0.05, 0.1) is 37.0 Å². The van der Waals surface area contributed by atoms with Crippen LogP contribution in [0.2, 0.25) is 0 Å². The molecule has 0 aliphatic rings. The van der Waals surface area contributed by atoms with Crippen LogP contribution in [-0.2, 0) is 10.0 Å². The van der Waals surface area contributed by atoms with Gasteiger partial charge in [-0.2, -0.15) is 0 Å². The van der Waals surface area contributed by atoms with Gasteiger partial charge in [0.1, 0.15) is 5.75 Å². The van der Waals surface area contributed by atoms with Crippen LogP contribution in [-0.4, -0.2) is 40.5 Å². The van der Waals surface area contributed by atoms with E-state index < -0.39 is 20.6 Å². The lowest BCUT2D eigenvalue weighted by Gasteiger charge is -2.11. The molecule has 3 aromatic rings. The Labute approximate surface area is 168 Å². The smallest absolute Gasteiger partial charge is 0.312 e. The number of nitrogens with zero attached hydrogens (tertiary/aromatic N) is 1. The van der Waals surface area contributed by atoms with Crippen molar-refractivity contribution in [2.75, 3.05) is 27.2 Å². The second-order valence-electron chi connectivity index (χ2n) is 6.85. The molecule has 29 heavy (non-hydrogen) atoms. The molecule has 3 rings (SSSR count). The second kappa shape index (κ2) is 8.56. The molecule has 0 saturated carbocycles. The van der Waals surface area contributed by atoms with Crippen LogP contribution in [0.15, 0.2) is 65.6 Å². The van der Waals surface area contributed by atoms with E-state index in [0.717, 1.165) is 21.7 Å². The summed E-state index contributed by atoms with van der Waals surface area (Å²) in [6.45, 7) is 0.818. The van der Waals surface area contributed by atoms with Crippen LogP contribution in [0.4, 0.5) is 5.69 Å². The van der Waals surface area contributed by atoms with E-state index in [1.54, 1.807) is 12.1 Å². The fourth-order valence-electron chi connectivity index (χ4n) is 2.77. The number of ether oxygens (including phenoxy) is 1. The minimum atomic E-state index is -3.85. The molecule has 0 spiro atoms. The van der Waals surface area contributed by atoms with E-state index in [9.17, 15) is 18.5 Å². The van der Waals surface area contributed by atoms with Gasteiger partial charge in [-0.05, 0) is 35.0 Å². The molecule has 8 nitrogen and oxygen atoms in total. The van der Waals surface area contributed by atoms with Crippen molar-refractivity contribution in [3.8, 4) is 11.5 Å². The Kier molecular flexibility index (Phi) is 6.12. The van der Waals surface area contributed by atoms with Crippen molar-refractivity contribution in [1.29, 1.82) is 0 Å². The molecule has 3 aromatic carbocycles.